The number of carbonyl (C=O) groups is 1. The maximum atomic E-state index is 11.0. The van der Waals surface area contributed by atoms with Crippen molar-refractivity contribution in [1.29, 1.82) is 0 Å². The number of hydrogen-bond acceptors (Lipinski definition) is 3. The second-order valence-electron chi connectivity index (χ2n) is 3.46. The number of aromatic nitrogens is 1. The van der Waals surface area contributed by atoms with E-state index in [4.69, 9.17) is 17.2 Å². The van der Waals surface area contributed by atoms with E-state index in [9.17, 15) is 4.79 Å². The van der Waals surface area contributed by atoms with Crippen molar-refractivity contribution in [3.63, 3.8) is 0 Å². The maximum Gasteiger partial charge on any atom is 0.248 e. The fourth-order valence-corrected chi connectivity index (χ4v) is 1.60. The first-order valence-corrected chi connectivity index (χ1v) is 4.71. The predicted octanol–water partition coefficient (Wildman–Crippen LogP) is 0.741. The average Bonchev–Trinajstić information content (AvgIpc) is 2.69. The topological polar surface area (TPSA) is 100 Å². The summed E-state index contributed by atoms with van der Waals surface area (Å²) in [6.07, 6.45) is 3.65. The molecule has 0 radical (unpaired) electrons. The van der Waals surface area contributed by atoms with Gasteiger partial charge < -0.3 is 21.8 Å². The lowest BCUT2D eigenvalue weighted by molar-refractivity contribution is 0.100. The molecule has 2 rings (SSSR count). The van der Waals surface area contributed by atoms with Crippen molar-refractivity contribution in [3.05, 3.63) is 42.2 Å². The standard InChI is InChI=1S/C11H12N4O/c12-8-5-7(11(14)16)6-9(13)10(8)15-3-1-2-4-15/h1-6H,12-13H2,(H2,14,16). The largest absolute Gasteiger partial charge is 0.397 e. The van der Waals surface area contributed by atoms with Gasteiger partial charge in [-0.2, -0.15) is 0 Å². The molecule has 0 aliphatic rings. The average molecular weight is 216 g/mol. The van der Waals surface area contributed by atoms with Crippen molar-refractivity contribution >= 4 is 17.3 Å². The molecule has 5 nitrogen and oxygen atoms in total. The first kappa shape index (κ1) is 10.1. The number of nitrogens with two attached hydrogens (primary N) is 3. The molecule has 0 bridgehead atoms. The minimum Gasteiger partial charge on any atom is -0.397 e. The molecule has 0 saturated heterocycles. The number of benzene rings is 1. The van der Waals surface area contributed by atoms with Crippen molar-refractivity contribution in [2.45, 2.75) is 0 Å². The highest BCUT2D eigenvalue weighted by Crippen LogP contribution is 2.26. The number of carbonyl (C=O) groups excluding carboxylic acids is 1. The van der Waals surface area contributed by atoms with Gasteiger partial charge in [-0.15, -0.1) is 0 Å². The summed E-state index contributed by atoms with van der Waals surface area (Å²) in [5.74, 6) is -0.544. The molecule has 0 fully saturated rings. The monoisotopic (exact) mass is 216 g/mol. The summed E-state index contributed by atoms with van der Waals surface area (Å²) in [5, 5.41) is 0. The minimum absolute atomic E-state index is 0.311. The molecule has 0 aliphatic heterocycles. The molecular weight excluding hydrogens is 204 g/mol. The molecule has 82 valence electrons. The number of anilines is 2. The van der Waals surface area contributed by atoms with Crippen molar-refractivity contribution < 1.29 is 4.79 Å². The molecule has 5 heteroatoms. The van der Waals surface area contributed by atoms with E-state index in [1.165, 1.54) is 12.1 Å². The molecule has 6 N–H and O–H groups in total. The third-order valence-corrected chi connectivity index (χ3v) is 2.32. The van der Waals surface area contributed by atoms with Crippen LogP contribution in [0.4, 0.5) is 11.4 Å². The van der Waals surface area contributed by atoms with Crippen LogP contribution in [0.1, 0.15) is 10.4 Å². The third-order valence-electron chi connectivity index (χ3n) is 2.32. The van der Waals surface area contributed by atoms with Crippen LogP contribution in [0, 0.1) is 0 Å². The Labute approximate surface area is 92.5 Å². The lowest BCUT2D eigenvalue weighted by Gasteiger charge is -2.11. The molecule has 0 spiro atoms. The number of amides is 1. The quantitative estimate of drug-likeness (QED) is 0.645. The third kappa shape index (κ3) is 1.58. The van der Waals surface area contributed by atoms with Crippen LogP contribution in [0.15, 0.2) is 36.7 Å². The van der Waals surface area contributed by atoms with Crippen molar-refractivity contribution in [3.8, 4) is 5.69 Å². The summed E-state index contributed by atoms with van der Waals surface area (Å²) >= 11 is 0. The van der Waals surface area contributed by atoms with Crippen LogP contribution in [0.2, 0.25) is 0 Å². The van der Waals surface area contributed by atoms with Gasteiger partial charge in [0.15, 0.2) is 0 Å². The highest BCUT2D eigenvalue weighted by Gasteiger charge is 2.10. The highest BCUT2D eigenvalue weighted by molar-refractivity contribution is 5.96. The molecule has 1 aromatic heterocycles. The highest BCUT2D eigenvalue weighted by atomic mass is 16.1. The maximum absolute atomic E-state index is 11.0. The number of rotatable bonds is 2. The number of nitrogens with zero attached hydrogens (tertiary/aromatic N) is 1. The van der Waals surface area contributed by atoms with Crippen molar-refractivity contribution in [1.82, 2.24) is 4.57 Å². The minimum atomic E-state index is -0.544. The Morgan fingerprint density at radius 3 is 2.00 bits per heavy atom. The molecule has 1 amide bonds. The second-order valence-corrected chi connectivity index (χ2v) is 3.46. The van der Waals surface area contributed by atoms with Crippen LogP contribution in [-0.2, 0) is 0 Å². The zero-order chi connectivity index (χ0) is 11.7. The van der Waals surface area contributed by atoms with Gasteiger partial charge in [0.1, 0.15) is 0 Å². The lowest BCUT2D eigenvalue weighted by Crippen LogP contribution is -2.13. The van der Waals surface area contributed by atoms with Crippen LogP contribution in [0.3, 0.4) is 0 Å². The Morgan fingerprint density at radius 1 is 1.06 bits per heavy atom. The Bertz CT molecular complexity index is 508. The van der Waals surface area contributed by atoms with E-state index >= 15 is 0 Å². The summed E-state index contributed by atoms with van der Waals surface area (Å²) in [6.45, 7) is 0. The van der Waals surface area contributed by atoms with E-state index < -0.39 is 5.91 Å². The zero-order valence-electron chi connectivity index (χ0n) is 8.55. The van der Waals surface area contributed by atoms with Gasteiger partial charge in [-0.1, -0.05) is 0 Å². The van der Waals surface area contributed by atoms with Gasteiger partial charge in [0.2, 0.25) is 5.91 Å². The van der Waals surface area contributed by atoms with Gasteiger partial charge in [-0.05, 0) is 24.3 Å². The molecule has 1 heterocycles. The van der Waals surface area contributed by atoms with Crippen molar-refractivity contribution in [2.75, 3.05) is 11.5 Å². The molecule has 0 atom stereocenters. The number of primary amides is 1. The predicted molar refractivity (Wildman–Crippen MR) is 63.1 cm³/mol. The Balaban J connectivity index is 2.61. The molecule has 16 heavy (non-hydrogen) atoms. The molecular formula is C11H12N4O. The molecule has 0 unspecified atom stereocenters. The van der Waals surface area contributed by atoms with Crippen molar-refractivity contribution in [2.24, 2.45) is 5.73 Å². The van der Waals surface area contributed by atoms with Crippen LogP contribution in [0.25, 0.3) is 5.69 Å². The molecule has 2 aromatic rings. The SMILES string of the molecule is NC(=O)c1cc(N)c(-n2cccc2)c(N)c1. The van der Waals surface area contributed by atoms with Crippen LogP contribution in [-0.4, -0.2) is 10.5 Å². The van der Waals surface area contributed by atoms with Gasteiger partial charge in [0.25, 0.3) is 0 Å². The van der Waals surface area contributed by atoms with E-state index in [0.717, 1.165) is 0 Å². The van der Waals surface area contributed by atoms with E-state index in [0.29, 0.717) is 22.6 Å². The Kier molecular flexibility index (Phi) is 2.28. The van der Waals surface area contributed by atoms with Crippen LogP contribution < -0.4 is 17.2 Å². The van der Waals surface area contributed by atoms with Gasteiger partial charge in [-0.3, -0.25) is 4.79 Å². The molecule has 0 saturated carbocycles. The fraction of sp³-hybridized carbons (Fsp3) is 0. The zero-order valence-corrected chi connectivity index (χ0v) is 8.55. The summed E-state index contributed by atoms with van der Waals surface area (Å²) in [7, 11) is 0. The van der Waals surface area contributed by atoms with Crippen LogP contribution in [0.5, 0.6) is 0 Å². The Morgan fingerprint density at radius 2 is 1.56 bits per heavy atom. The van der Waals surface area contributed by atoms with E-state index in [-0.39, 0.29) is 0 Å². The van der Waals surface area contributed by atoms with E-state index in [2.05, 4.69) is 0 Å². The number of nitrogen functional groups attached to an aromatic ring is 2. The van der Waals surface area contributed by atoms with Gasteiger partial charge in [-0.25, -0.2) is 0 Å². The smallest absolute Gasteiger partial charge is 0.248 e. The van der Waals surface area contributed by atoms with E-state index in [1.54, 1.807) is 4.57 Å². The number of hydrogen-bond donors (Lipinski definition) is 3. The van der Waals surface area contributed by atoms with E-state index in [1.807, 2.05) is 24.5 Å². The van der Waals surface area contributed by atoms with Gasteiger partial charge in [0, 0.05) is 18.0 Å². The summed E-state index contributed by atoms with van der Waals surface area (Å²) in [5.41, 5.74) is 18.7. The lowest BCUT2D eigenvalue weighted by atomic mass is 10.1. The normalized spacial score (nSPS) is 10.2. The Hall–Kier alpha value is -2.43. The summed E-state index contributed by atoms with van der Waals surface area (Å²) in [6, 6.07) is 6.77. The summed E-state index contributed by atoms with van der Waals surface area (Å²) in [4.78, 5) is 11.0. The fourth-order valence-electron chi connectivity index (χ4n) is 1.60. The first-order chi connectivity index (χ1) is 7.59. The van der Waals surface area contributed by atoms with Crippen LogP contribution >= 0.6 is 0 Å². The summed E-state index contributed by atoms with van der Waals surface area (Å²) < 4.78 is 1.79. The molecule has 1 aromatic carbocycles. The second kappa shape index (κ2) is 3.62. The van der Waals surface area contributed by atoms with Gasteiger partial charge in [0.05, 0.1) is 17.1 Å². The molecule has 0 aliphatic carbocycles. The first-order valence-electron chi connectivity index (χ1n) is 4.71. The van der Waals surface area contributed by atoms with Gasteiger partial charge >= 0.3 is 0 Å².